The molecule has 4 heteroatoms. The average Bonchev–Trinajstić information content (AvgIpc) is 2.49. The minimum absolute atomic E-state index is 0.00323. The number of anilines is 1. The van der Waals surface area contributed by atoms with Crippen LogP contribution in [0.1, 0.15) is 39.5 Å². The van der Waals surface area contributed by atoms with Crippen molar-refractivity contribution in [2.24, 2.45) is 4.99 Å². The molecule has 3 rings (SSSR count). The second-order valence-corrected chi connectivity index (χ2v) is 7.09. The Morgan fingerprint density at radius 2 is 1.95 bits per heavy atom. The maximum atomic E-state index is 5.04. The maximum absolute atomic E-state index is 5.04. The molecule has 1 atom stereocenters. The second-order valence-electron chi connectivity index (χ2n) is 5.38. The summed E-state index contributed by atoms with van der Waals surface area (Å²) in [5.41, 5.74) is 3.81. The molecule has 108 valence electrons. The number of hydrogen-bond acceptors (Lipinski definition) is 2. The Morgan fingerprint density at radius 3 is 2.70 bits per heavy atom. The minimum Gasteiger partial charge on any atom is -0.370 e. The van der Waals surface area contributed by atoms with Gasteiger partial charge in [-0.25, -0.2) is 4.99 Å². The summed E-state index contributed by atoms with van der Waals surface area (Å²) in [4.78, 5) is 10.3. The van der Waals surface area contributed by atoms with Crippen molar-refractivity contribution in [3.63, 3.8) is 0 Å². The van der Waals surface area contributed by atoms with Crippen molar-refractivity contribution in [2.45, 2.75) is 44.4 Å². The van der Waals surface area contributed by atoms with Crippen LogP contribution in [0.2, 0.25) is 0 Å². The molecule has 0 radical (unpaired) electrons. The Balaban J connectivity index is 2.16. The molecule has 1 aliphatic heterocycles. The third-order valence-corrected chi connectivity index (χ3v) is 6.18. The molecule has 2 aliphatic rings. The lowest BCUT2D eigenvalue weighted by Crippen LogP contribution is -2.44. The van der Waals surface area contributed by atoms with Crippen LogP contribution < -0.4 is 10.0 Å². The number of para-hydroxylation sites is 1. The fourth-order valence-corrected chi connectivity index (χ4v) is 4.87. The van der Waals surface area contributed by atoms with Gasteiger partial charge in [0.15, 0.2) is 0 Å². The Kier molecular flexibility index (Phi) is 3.94. The smallest absolute Gasteiger partial charge is 0.105 e. The molecule has 3 N–H and O–H groups in total. The number of benzene rings is 1. The van der Waals surface area contributed by atoms with Crippen molar-refractivity contribution in [3.05, 3.63) is 18.2 Å². The highest BCUT2D eigenvalue weighted by molar-refractivity contribution is 8.11. The van der Waals surface area contributed by atoms with Gasteiger partial charge in [-0.15, -0.1) is 0 Å². The SMILES string of the molecule is CCN(CC)c1cccc2c1N=C1CCCCC1=S2[NH3+]. The van der Waals surface area contributed by atoms with Gasteiger partial charge in [0.1, 0.15) is 5.69 Å². The number of rotatable bonds is 3. The Morgan fingerprint density at radius 1 is 1.20 bits per heavy atom. The van der Waals surface area contributed by atoms with E-state index in [-0.39, 0.29) is 10.7 Å². The Labute approximate surface area is 123 Å². The van der Waals surface area contributed by atoms with Crippen molar-refractivity contribution in [1.29, 1.82) is 0 Å². The Hall–Kier alpha value is -1.13. The molecular formula is C16H24N3S+. The van der Waals surface area contributed by atoms with Crippen molar-refractivity contribution in [1.82, 2.24) is 0 Å². The quantitative estimate of drug-likeness (QED) is 0.854. The van der Waals surface area contributed by atoms with Crippen LogP contribution in [0.4, 0.5) is 11.4 Å². The zero-order chi connectivity index (χ0) is 14.1. The molecule has 20 heavy (non-hydrogen) atoms. The van der Waals surface area contributed by atoms with Crippen LogP contribution in [0.15, 0.2) is 28.1 Å². The van der Waals surface area contributed by atoms with Gasteiger partial charge in [-0.1, -0.05) is 6.07 Å². The molecule has 0 amide bonds. The number of nitrogens with zero attached hydrogens (tertiary/aromatic N) is 2. The van der Waals surface area contributed by atoms with Crippen molar-refractivity contribution >= 4 is 32.6 Å². The average molecular weight is 290 g/mol. The molecule has 1 unspecified atom stereocenters. The van der Waals surface area contributed by atoms with E-state index in [1.807, 2.05) is 0 Å². The van der Waals surface area contributed by atoms with E-state index in [9.17, 15) is 0 Å². The second kappa shape index (κ2) is 5.70. The lowest BCUT2D eigenvalue weighted by atomic mass is 9.98. The van der Waals surface area contributed by atoms with Crippen LogP contribution in [0.3, 0.4) is 0 Å². The molecular weight excluding hydrogens is 266 g/mol. The Bertz CT molecular complexity index is 585. The summed E-state index contributed by atoms with van der Waals surface area (Å²) in [7, 11) is -0.00323. The van der Waals surface area contributed by atoms with Gasteiger partial charge < -0.3 is 10.0 Å². The predicted molar refractivity (Wildman–Crippen MR) is 89.3 cm³/mol. The minimum atomic E-state index is -0.00323. The first-order chi connectivity index (χ1) is 9.76. The predicted octanol–water partition coefficient (Wildman–Crippen LogP) is 3.15. The first-order valence-corrected chi connectivity index (χ1v) is 9.01. The summed E-state index contributed by atoms with van der Waals surface area (Å²) in [6.45, 7) is 6.47. The zero-order valence-electron chi connectivity index (χ0n) is 12.5. The van der Waals surface area contributed by atoms with Crippen molar-refractivity contribution in [3.8, 4) is 0 Å². The standard InChI is InChI=1S/C16H23N3S/c1-3-19(4-2)13-9-7-11-15-16(13)18-12-8-5-6-10-14(12)20(15)17/h7,9,11H,3-6,8,10,17H2,1-2H3/p+1. The monoisotopic (exact) mass is 290 g/mol. The van der Waals surface area contributed by atoms with E-state index < -0.39 is 0 Å². The fraction of sp³-hybridized carbons (Fsp3) is 0.500. The van der Waals surface area contributed by atoms with Crippen molar-refractivity contribution in [2.75, 3.05) is 18.0 Å². The zero-order valence-corrected chi connectivity index (χ0v) is 13.3. The van der Waals surface area contributed by atoms with Gasteiger partial charge in [0.25, 0.3) is 0 Å². The highest BCUT2D eigenvalue weighted by Crippen LogP contribution is 2.43. The van der Waals surface area contributed by atoms with Gasteiger partial charge in [0.2, 0.25) is 0 Å². The first-order valence-electron chi connectivity index (χ1n) is 7.62. The lowest BCUT2D eigenvalue weighted by Gasteiger charge is -2.28. The summed E-state index contributed by atoms with van der Waals surface area (Å²) in [5.74, 6) is 0. The molecule has 3 nitrogen and oxygen atoms in total. The van der Waals surface area contributed by atoms with Crippen LogP contribution in [-0.2, 0) is 0 Å². The van der Waals surface area contributed by atoms with E-state index in [1.165, 1.54) is 46.1 Å². The van der Waals surface area contributed by atoms with Crippen LogP contribution in [0, 0.1) is 0 Å². The van der Waals surface area contributed by atoms with E-state index >= 15 is 0 Å². The largest absolute Gasteiger partial charge is 0.370 e. The fourth-order valence-electron chi connectivity index (χ4n) is 3.15. The highest BCUT2D eigenvalue weighted by Gasteiger charge is 2.27. The van der Waals surface area contributed by atoms with Gasteiger partial charge >= 0.3 is 0 Å². The van der Waals surface area contributed by atoms with Gasteiger partial charge in [0, 0.05) is 23.8 Å². The third-order valence-electron chi connectivity index (χ3n) is 4.28. The molecule has 1 heterocycles. The van der Waals surface area contributed by atoms with Gasteiger partial charge in [0.05, 0.1) is 21.2 Å². The number of fused-ring (bicyclic) bond motifs is 2. The lowest BCUT2D eigenvalue weighted by molar-refractivity contribution is -0.139. The molecule has 1 aromatic carbocycles. The van der Waals surface area contributed by atoms with Crippen LogP contribution in [-0.4, -0.2) is 23.7 Å². The van der Waals surface area contributed by atoms with Gasteiger partial charge in [-0.05, 0) is 51.7 Å². The van der Waals surface area contributed by atoms with Crippen LogP contribution in [0.25, 0.3) is 0 Å². The van der Waals surface area contributed by atoms with Gasteiger partial charge in [-0.3, -0.25) is 0 Å². The highest BCUT2D eigenvalue weighted by atomic mass is 32.2. The molecule has 0 saturated heterocycles. The van der Waals surface area contributed by atoms with Gasteiger partial charge in [-0.2, -0.15) is 0 Å². The number of quaternary nitrogens is 1. The van der Waals surface area contributed by atoms with E-state index in [4.69, 9.17) is 4.99 Å². The van der Waals surface area contributed by atoms with E-state index in [0.717, 1.165) is 19.5 Å². The number of aliphatic imine (C=N–C) groups is 1. The summed E-state index contributed by atoms with van der Waals surface area (Å²) in [5, 5.41) is 4.47. The summed E-state index contributed by atoms with van der Waals surface area (Å²) >= 11 is 0. The summed E-state index contributed by atoms with van der Waals surface area (Å²) in [6, 6.07) is 6.60. The van der Waals surface area contributed by atoms with Crippen molar-refractivity contribution < 1.29 is 5.14 Å². The van der Waals surface area contributed by atoms with E-state index in [0.29, 0.717) is 0 Å². The molecule has 1 aromatic rings. The summed E-state index contributed by atoms with van der Waals surface area (Å²) < 4.78 is 0. The van der Waals surface area contributed by atoms with E-state index in [2.05, 4.69) is 42.1 Å². The molecule has 0 spiro atoms. The molecule has 0 aromatic heterocycles. The molecule has 1 fully saturated rings. The van der Waals surface area contributed by atoms with Crippen LogP contribution in [0.5, 0.6) is 0 Å². The third kappa shape index (κ3) is 2.21. The first kappa shape index (κ1) is 13.8. The van der Waals surface area contributed by atoms with Crippen LogP contribution >= 0.6 is 10.7 Å². The molecule has 1 aliphatic carbocycles. The molecule has 0 bridgehead atoms. The number of hydrogen-bond donors (Lipinski definition) is 1. The van der Waals surface area contributed by atoms with E-state index in [1.54, 1.807) is 0 Å². The normalized spacial score (nSPS) is 21.1. The topological polar surface area (TPSA) is 43.2 Å². The maximum Gasteiger partial charge on any atom is 0.105 e. The summed E-state index contributed by atoms with van der Waals surface area (Å²) in [6.07, 6.45) is 4.92. The molecule has 1 saturated carbocycles.